The van der Waals surface area contributed by atoms with E-state index in [-0.39, 0.29) is 10.5 Å². The molecule has 0 bridgehead atoms. The number of ether oxygens (including phenoxy) is 1. The number of aliphatic hydroxyl groups is 1. The molecule has 27 heavy (non-hydrogen) atoms. The van der Waals surface area contributed by atoms with Gasteiger partial charge < -0.3 is 20.3 Å². The van der Waals surface area contributed by atoms with Crippen molar-refractivity contribution < 1.29 is 33.0 Å². The van der Waals surface area contributed by atoms with Gasteiger partial charge in [-0.3, -0.25) is 4.79 Å². The van der Waals surface area contributed by atoms with Crippen LogP contribution in [0.25, 0.3) is 0 Å². The zero-order chi connectivity index (χ0) is 20.1. The molecule has 0 saturated heterocycles. The van der Waals surface area contributed by atoms with Crippen LogP contribution in [-0.2, 0) is 14.6 Å². The molecule has 0 saturated carbocycles. The van der Waals surface area contributed by atoms with Gasteiger partial charge >= 0.3 is 5.97 Å². The topological polar surface area (TPSA) is 130 Å². The maximum atomic E-state index is 12.5. The van der Waals surface area contributed by atoms with Crippen molar-refractivity contribution in [1.82, 2.24) is 5.32 Å². The molecule has 8 nitrogen and oxygen atoms in total. The summed E-state index contributed by atoms with van der Waals surface area (Å²) in [5.74, 6) is -3.06. The van der Waals surface area contributed by atoms with Gasteiger partial charge in [-0.25, -0.2) is 13.2 Å². The van der Waals surface area contributed by atoms with Crippen LogP contribution >= 0.6 is 0 Å². The highest BCUT2D eigenvalue weighted by atomic mass is 32.2. The molecule has 0 spiro atoms. The first-order valence-electron chi connectivity index (χ1n) is 7.84. The van der Waals surface area contributed by atoms with Crippen molar-refractivity contribution in [1.29, 1.82) is 0 Å². The second-order valence-electron chi connectivity index (χ2n) is 5.82. The van der Waals surface area contributed by atoms with E-state index in [2.05, 4.69) is 5.32 Å². The van der Waals surface area contributed by atoms with Crippen LogP contribution in [0.5, 0.6) is 5.75 Å². The number of amides is 1. The molecule has 2 rings (SSSR count). The molecule has 0 aromatic heterocycles. The third-order valence-electron chi connectivity index (χ3n) is 3.82. The number of carboxylic acid groups (broad SMARTS) is 1. The monoisotopic (exact) mass is 393 g/mol. The molecule has 9 heteroatoms. The van der Waals surface area contributed by atoms with Gasteiger partial charge in [0.05, 0.1) is 24.3 Å². The minimum atomic E-state index is -4.14. The van der Waals surface area contributed by atoms with Crippen LogP contribution in [0.3, 0.4) is 0 Å². The van der Waals surface area contributed by atoms with Gasteiger partial charge in [-0.15, -0.1) is 0 Å². The number of carbonyl (C=O) groups excluding carboxylic acids is 1. The third kappa shape index (κ3) is 5.05. The van der Waals surface area contributed by atoms with E-state index in [0.717, 1.165) is 0 Å². The summed E-state index contributed by atoms with van der Waals surface area (Å²) in [5.41, 5.74) is -2.44. The lowest BCUT2D eigenvalue weighted by molar-refractivity contribution is -0.155. The Kier molecular flexibility index (Phi) is 6.19. The fourth-order valence-corrected chi connectivity index (χ4v) is 3.86. The molecule has 1 unspecified atom stereocenters. The maximum absolute atomic E-state index is 12.5. The first-order chi connectivity index (χ1) is 12.7. The number of carbonyl (C=O) groups is 2. The normalized spacial score (nSPS) is 13.4. The van der Waals surface area contributed by atoms with Crippen LogP contribution in [0.15, 0.2) is 59.5 Å². The van der Waals surface area contributed by atoms with Crippen LogP contribution in [0.4, 0.5) is 0 Å². The largest absolute Gasteiger partial charge is 0.497 e. The Labute approximate surface area is 156 Å². The zero-order valence-electron chi connectivity index (χ0n) is 14.5. The predicted molar refractivity (Wildman–Crippen MR) is 96.4 cm³/mol. The number of hydrogen-bond donors (Lipinski definition) is 3. The van der Waals surface area contributed by atoms with Gasteiger partial charge in [-0.2, -0.15) is 0 Å². The summed E-state index contributed by atoms with van der Waals surface area (Å²) in [6, 6.07) is 13.3. The van der Waals surface area contributed by atoms with Crippen LogP contribution in [0.2, 0.25) is 0 Å². The summed E-state index contributed by atoms with van der Waals surface area (Å²) in [4.78, 5) is 23.4. The van der Waals surface area contributed by atoms with E-state index in [1.165, 1.54) is 43.5 Å². The van der Waals surface area contributed by atoms with Gasteiger partial charge in [0, 0.05) is 5.56 Å². The summed E-state index contributed by atoms with van der Waals surface area (Å²) >= 11 is 0. The fourth-order valence-electron chi connectivity index (χ4n) is 2.29. The predicted octanol–water partition coefficient (Wildman–Crippen LogP) is 0.715. The van der Waals surface area contributed by atoms with E-state index in [1.54, 1.807) is 18.2 Å². The van der Waals surface area contributed by atoms with Crippen molar-refractivity contribution in [2.75, 3.05) is 19.4 Å². The van der Waals surface area contributed by atoms with Crippen molar-refractivity contribution in [3.63, 3.8) is 0 Å². The molecule has 0 radical (unpaired) electrons. The van der Waals surface area contributed by atoms with Gasteiger partial charge in [0.25, 0.3) is 5.91 Å². The molecule has 0 aliphatic carbocycles. The van der Waals surface area contributed by atoms with Gasteiger partial charge in [-0.05, 0) is 36.4 Å². The highest BCUT2D eigenvalue weighted by Gasteiger charge is 2.41. The molecule has 2 aromatic carbocycles. The lowest BCUT2D eigenvalue weighted by Crippen LogP contribution is -2.53. The minimum absolute atomic E-state index is 0.169. The first kappa shape index (κ1) is 20.4. The van der Waals surface area contributed by atoms with Gasteiger partial charge in [0.15, 0.2) is 15.4 Å². The molecule has 144 valence electrons. The smallest absolute Gasteiger partial charge is 0.338 e. The van der Waals surface area contributed by atoms with Crippen LogP contribution in [0.1, 0.15) is 10.4 Å². The molecule has 0 aliphatic heterocycles. The second-order valence-corrected chi connectivity index (χ2v) is 7.81. The van der Waals surface area contributed by atoms with E-state index >= 15 is 0 Å². The maximum Gasteiger partial charge on any atom is 0.338 e. The molecular formula is C18H19NO7S. The van der Waals surface area contributed by atoms with Crippen molar-refractivity contribution >= 4 is 21.7 Å². The Hall–Kier alpha value is -2.91. The quantitative estimate of drug-likeness (QED) is 0.602. The zero-order valence-corrected chi connectivity index (χ0v) is 15.3. The number of carboxylic acids is 1. The number of rotatable bonds is 8. The second kappa shape index (κ2) is 8.19. The molecule has 0 aliphatic rings. The first-order valence-corrected chi connectivity index (χ1v) is 9.49. The lowest BCUT2D eigenvalue weighted by atomic mass is 10.1. The molecule has 1 amide bonds. The van der Waals surface area contributed by atoms with Crippen molar-refractivity contribution in [2.24, 2.45) is 0 Å². The highest BCUT2D eigenvalue weighted by Crippen LogP contribution is 2.20. The Balaban J connectivity index is 2.17. The van der Waals surface area contributed by atoms with Crippen molar-refractivity contribution in [3.05, 3.63) is 60.2 Å². The Morgan fingerprint density at radius 1 is 1.07 bits per heavy atom. The molecule has 1 atom stereocenters. The Morgan fingerprint density at radius 2 is 1.67 bits per heavy atom. The Bertz CT molecular complexity index is 910. The van der Waals surface area contributed by atoms with Crippen molar-refractivity contribution in [2.45, 2.75) is 10.5 Å². The van der Waals surface area contributed by atoms with E-state index in [0.29, 0.717) is 5.75 Å². The average molecular weight is 393 g/mol. The molecule has 2 aromatic rings. The SMILES string of the molecule is COc1ccc(S(=O)(=O)CC(O)(CNC(=O)c2ccccc2)C(=O)O)cc1. The Morgan fingerprint density at radius 3 is 2.19 bits per heavy atom. The van der Waals surface area contributed by atoms with Gasteiger partial charge in [-0.1, -0.05) is 18.2 Å². The van der Waals surface area contributed by atoms with E-state index in [1.807, 2.05) is 0 Å². The number of benzene rings is 2. The summed E-state index contributed by atoms with van der Waals surface area (Å²) in [5, 5.41) is 21.9. The van der Waals surface area contributed by atoms with Gasteiger partial charge in [0.1, 0.15) is 5.75 Å². The molecular weight excluding hydrogens is 374 g/mol. The minimum Gasteiger partial charge on any atom is -0.497 e. The highest BCUT2D eigenvalue weighted by molar-refractivity contribution is 7.91. The van der Waals surface area contributed by atoms with Crippen molar-refractivity contribution in [3.8, 4) is 5.75 Å². The number of hydrogen-bond acceptors (Lipinski definition) is 6. The standard InChI is InChI=1S/C18H19NO7S/c1-26-14-7-9-15(10-8-14)27(24,25)12-18(23,17(21)22)11-19-16(20)13-5-3-2-4-6-13/h2-10,23H,11-12H2,1H3,(H,19,20)(H,21,22). The average Bonchev–Trinajstić information content (AvgIpc) is 2.66. The summed E-state index contributed by atoms with van der Waals surface area (Å²) in [7, 11) is -2.72. The number of aliphatic carboxylic acids is 1. The summed E-state index contributed by atoms with van der Waals surface area (Å²) < 4.78 is 29.9. The molecule has 0 heterocycles. The number of sulfone groups is 1. The fraction of sp³-hybridized carbons (Fsp3) is 0.222. The molecule has 0 fully saturated rings. The number of nitrogens with one attached hydrogen (secondary N) is 1. The third-order valence-corrected chi connectivity index (χ3v) is 5.67. The van der Waals surface area contributed by atoms with Gasteiger partial charge in [0.2, 0.25) is 0 Å². The van der Waals surface area contributed by atoms with E-state index < -0.39 is 39.6 Å². The lowest BCUT2D eigenvalue weighted by Gasteiger charge is -2.23. The number of methoxy groups -OCH3 is 1. The van der Waals surface area contributed by atoms with Crippen LogP contribution in [0, 0.1) is 0 Å². The molecule has 3 N–H and O–H groups in total. The van der Waals surface area contributed by atoms with Crippen LogP contribution < -0.4 is 10.1 Å². The van der Waals surface area contributed by atoms with E-state index in [4.69, 9.17) is 4.74 Å². The van der Waals surface area contributed by atoms with E-state index in [9.17, 15) is 28.2 Å². The summed E-state index contributed by atoms with van der Waals surface area (Å²) in [6.45, 7) is -0.772. The summed E-state index contributed by atoms with van der Waals surface area (Å²) in [6.07, 6.45) is 0. The van der Waals surface area contributed by atoms with Crippen LogP contribution in [-0.4, -0.2) is 55.5 Å².